The molecule has 0 aliphatic rings. The van der Waals surface area contributed by atoms with E-state index >= 15 is 0 Å². The molecule has 1 rings (SSSR count). The molecule has 0 spiro atoms. The Morgan fingerprint density at radius 2 is 2.29 bits per heavy atom. The van der Waals surface area contributed by atoms with E-state index in [9.17, 15) is 9.90 Å². The van der Waals surface area contributed by atoms with Crippen molar-refractivity contribution in [3.05, 3.63) is 36.4 Å². The average molecular weight is 234 g/mol. The molecule has 1 aromatic rings. The molecule has 17 heavy (non-hydrogen) atoms. The number of benzene rings is 1. The van der Waals surface area contributed by atoms with Crippen molar-refractivity contribution >= 4 is 11.6 Å². The number of carbonyl (C=O) groups is 1. The molecule has 92 valence electrons. The van der Waals surface area contributed by atoms with Crippen LogP contribution in [0.2, 0.25) is 0 Å². The summed E-state index contributed by atoms with van der Waals surface area (Å²) < 4.78 is 0. The number of hydrogen-bond donors (Lipinski definition) is 2. The van der Waals surface area contributed by atoms with E-state index in [0.717, 1.165) is 6.42 Å². The second-order valence-corrected chi connectivity index (χ2v) is 3.81. The summed E-state index contributed by atoms with van der Waals surface area (Å²) in [7, 11) is 0. The van der Waals surface area contributed by atoms with Crippen LogP contribution in [0.3, 0.4) is 0 Å². The number of hydrogen-bond acceptors (Lipinski definition) is 3. The number of amides is 1. The molecule has 4 nitrogen and oxygen atoms in total. The van der Waals surface area contributed by atoms with Crippen molar-refractivity contribution in [2.75, 3.05) is 18.8 Å². The van der Waals surface area contributed by atoms with Gasteiger partial charge in [-0.05, 0) is 24.6 Å². The monoisotopic (exact) mass is 234 g/mol. The Labute approximate surface area is 101 Å². The number of rotatable bonds is 5. The van der Waals surface area contributed by atoms with Gasteiger partial charge in [0.15, 0.2) is 0 Å². The molecule has 0 aliphatic heterocycles. The molecule has 0 atom stereocenters. The Morgan fingerprint density at radius 1 is 1.59 bits per heavy atom. The quantitative estimate of drug-likeness (QED) is 0.465. The number of aromatic hydroxyl groups is 1. The summed E-state index contributed by atoms with van der Waals surface area (Å²) in [6, 6.07) is 4.38. The van der Waals surface area contributed by atoms with Gasteiger partial charge in [-0.3, -0.25) is 4.79 Å². The Morgan fingerprint density at radius 3 is 2.88 bits per heavy atom. The summed E-state index contributed by atoms with van der Waals surface area (Å²) in [4.78, 5) is 13.8. The molecule has 0 bridgehead atoms. The van der Waals surface area contributed by atoms with Crippen molar-refractivity contribution in [3.8, 4) is 5.75 Å². The minimum absolute atomic E-state index is 0.0394. The SMILES string of the molecule is C=CCN(CCC)C(=O)c1cc(O)ccc1N. The summed E-state index contributed by atoms with van der Waals surface area (Å²) >= 11 is 0. The zero-order valence-corrected chi connectivity index (χ0v) is 10.0. The predicted molar refractivity (Wildman–Crippen MR) is 68.9 cm³/mol. The maximum absolute atomic E-state index is 12.2. The van der Waals surface area contributed by atoms with E-state index in [1.165, 1.54) is 18.2 Å². The number of anilines is 1. The third-order valence-electron chi connectivity index (χ3n) is 2.40. The molecule has 3 N–H and O–H groups in total. The largest absolute Gasteiger partial charge is 0.508 e. The van der Waals surface area contributed by atoms with Gasteiger partial charge in [-0.15, -0.1) is 6.58 Å². The fourth-order valence-corrected chi connectivity index (χ4v) is 1.60. The highest BCUT2D eigenvalue weighted by Gasteiger charge is 2.16. The van der Waals surface area contributed by atoms with Crippen LogP contribution in [-0.4, -0.2) is 29.0 Å². The summed E-state index contributed by atoms with van der Waals surface area (Å²) in [6.07, 6.45) is 2.53. The average Bonchev–Trinajstić information content (AvgIpc) is 2.31. The summed E-state index contributed by atoms with van der Waals surface area (Å²) in [5, 5.41) is 9.38. The minimum atomic E-state index is -0.180. The van der Waals surface area contributed by atoms with Gasteiger partial charge in [-0.1, -0.05) is 13.0 Å². The predicted octanol–water partition coefficient (Wildman–Crippen LogP) is 2.01. The minimum Gasteiger partial charge on any atom is -0.508 e. The van der Waals surface area contributed by atoms with E-state index in [1.807, 2.05) is 6.92 Å². The van der Waals surface area contributed by atoms with E-state index in [0.29, 0.717) is 24.3 Å². The highest BCUT2D eigenvalue weighted by molar-refractivity contribution is 5.99. The fourth-order valence-electron chi connectivity index (χ4n) is 1.60. The molecule has 0 radical (unpaired) electrons. The second-order valence-electron chi connectivity index (χ2n) is 3.81. The molecule has 1 amide bonds. The van der Waals surface area contributed by atoms with Crippen LogP contribution in [0.4, 0.5) is 5.69 Å². The van der Waals surface area contributed by atoms with Crippen LogP contribution < -0.4 is 5.73 Å². The highest BCUT2D eigenvalue weighted by atomic mass is 16.3. The first-order valence-electron chi connectivity index (χ1n) is 5.58. The maximum Gasteiger partial charge on any atom is 0.256 e. The van der Waals surface area contributed by atoms with E-state index in [-0.39, 0.29) is 11.7 Å². The molecule has 0 saturated carbocycles. The maximum atomic E-state index is 12.2. The second kappa shape index (κ2) is 5.94. The van der Waals surface area contributed by atoms with Crippen molar-refractivity contribution in [1.29, 1.82) is 0 Å². The number of nitrogens with two attached hydrogens (primary N) is 1. The number of phenols is 1. The van der Waals surface area contributed by atoms with Gasteiger partial charge in [-0.2, -0.15) is 0 Å². The van der Waals surface area contributed by atoms with Crippen molar-refractivity contribution in [2.24, 2.45) is 0 Å². The number of nitrogen functional groups attached to an aromatic ring is 1. The molecule has 0 aromatic heterocycles. The Kier molecular flexibility index (Phi) is 4.57. The Hall–Kier alpha value is -1.97. The topological polar surface area (TPSA) is 66.6 Å². The van der Waals surface area contributed by atoms with Crippen LogP contribution in [0.25, 0.3) is 0 Å². The molecular weight excluding hydrogens is 216 g/mol. The molecule has 0 unspecified atom stereocenters. The van der Waals surface area contributed by atoms with Crippen molar-refractivity contribution in [3.63, 3.8) is 0 Å². The third-order valence-corrected chi connectivity index (χ3v) is 2.40. The van der Waals surface area contributed by atoms with Gasteiger partial charge in [0, 0.05) is 18.8 Å². The molecule has 4 heteroatoms. The molecule has 0 fully saturated rings. The van der Waals surface area contributed by atoms with E-state index in [2.05, 4.69) is 6.58 Å². The van der Waals surface area contributed by atoms with Crippen LogP contribution in [-0.2, 0) is 0 Å². The lowest BCUT2D eigenvalue weighted by Gasteiger charge is -2.21. The molecule has 0 aliphatic carbocycles. The number of nitrogens with zero attached hydrogens (tertiary/aromatic N) is 1. The van der Waals surface area contributed by atoms with Crippen LogP contribution in [0.5, 0.6) is 5.75 Å². The van der Waals surface area contributed by atoms with E-state index in [1.54, 1.807) is 11.0 Å². The Balaban J connectivity index is 2.99. The van der Waals surface area contributed by atoms with Gasteiger partial charge in [-0.25, -0.2) is 0 Å². The normalized spacial score (nSPS) is 9.94. The van der Waals surface area contributed by atoms with Gasteiger partial charge < -0.3 is 15.7 Å². The first-order chi connectivity index (χ1) is 8.10. The first kappa shape index (κ1) is 13.1. The summed E-state index contributed by atoms with van der Waals surface area (Å²) in [5.41, 5.74) is 6.44. The number of carbonyl (C=O) groups excluding carboxylic acids is 1. The van der Waals surface area contributed by atoms with Crippen molar-refractivity contribution in [2.45, 2.75) is 13.3 Å². The van der Waals surface area contributed by atoms with Gasteiger partial charge in [0.05, 0.1) is 5.56 Å². The third kappa shape index (κ3) is 3.24. The van der Waals surface area contributed by atoms with Gasteiger partial charge in [0.25, 0.3) is 5.91 Å². The van der Waals surface area contributed by atoms with E-state index in [4.69, 9.17) is 5.73 Å². The summed E-state index contributed by atoms with van der Waals surface area (Å²) in [5.74, 6) is -0.141. The van der Waals surface area contributed by atoms with E-state index < -0.39 is 0 Å². The lowest BCUT2D eigenvalue weighted by molar-refractivity contribution is 0.0774. The van der Waals surface area contributed by atoms with Gasteiger partial charge in [0.1, 0.15) is 5.75 Å². The van der Waals surface area contributed by atoms with Gasteiger partial charge >= 0.3 is 0 Å². The lowest BCUT2D eigenvalue weighted by atomic mass is 10.1. The molecule has 0 heterocycles. The molecular formula is C13H18N2O2. The highest BCUT2D eigenvalue weighted by Crippen LogP contribution is 2.20. The smallest absolute Gasteiger partial charge is 0.256 e. The van der Waals surface area contributed by atoms with Crippen molar-refractivity contribution in [1.82, 2.24) is 4.90 Å². The van der Waals surface area contributed by atoms with Crippen LogP contribution in [0.1, 0.15) is 23.7 Å². The first-order valence-corrected chi connectivity index (χ1v) is 5.58. The molecule has 0 saturated heterocycles. The van der Waals surface area contributed by atoms with Crippen molar-refractivity contribution < 1.29 is 9.90 Å². The zero-order chi connectivity index (χ0) is 12.8. The lowest BCUT2D eigenvalue weighted by Crippen LogP contribution is -2.32. The van der Waals surface area contributed by atoms with Crippen LogP contribution in [0.15, 0.2) is 30.9 Å². The molecule has 1 aromatic carbocycles. The zero-order valence-electron chi connectivity index (χ0n) is 10.0. The van der Waals surface area contributed by atoms with Crippen LogP contribution >= 0.6 is 0 Å². The standard InChI is InChI=1S/C13H18N2O2/c1-3-7-15(8-4-2)13(17)11-9-10(16)5-6-12(11)14/h3,5-6,9,16H,1,4,7-8,14H2,2H3. The number of phenolic OH excluding ortho intramolecular Hbond substituents is 1. The van der Waals surface area contributed by atoms with Crippen LogP contribution in [0, 0.1) is 0 Å². The van der Waals surface area contributed by atoms with Gasteiger partial charge in [0.2, 0.25) is 0 Å². The Bertz CT molecular complexity index is 416. The summed E-state index contributed by atoms with van der Waals surface area (Å²) in [6.45, 7) is 6.73. The fraction of sp³-hybridized carbons (Fsp3) is 0.308.